The Kier molecular flexibility index (Phi) is 2.66. The van der Waals surface area contributed by atoms with Crippen LogP contribution in [0.5, 0.6) is 0 Å². The van der Waals surface area contributed by atoms with Crippen LogP contribution in [0.3, 0.4) is 0 Å². The Balaban J connectivity index is 2.70. The van der Waals surface area contributed by atoms with Crippen molar-refractivity contribution in [3.05, 3.63) is 35.8 Å². The highest BCUT2D eigenvalue weighted by Gasteiger charge is 2.17. The molecule has 0 aliphatic rings. The van der Waals surface area contributed by atoms with Crippen LogP contribution in [0.15, 0.2) is 24.5 Å². The largest absolute Gasteiger partial charge is 0.261 e. The normalized spacial score (nSPS) is 12.0. The smallest absolute Gasteiger partial charge is 0.0738 e. The van der Waals surface area contributed by atoms with Crippen LogP contribution in [0.1, 0.15) is 39.0 Å². The Morgan fingerprint density at radius 1 is 1.19 bits per heavy atom. The van der Waals surface area contributed by atoms with Gasteiger partial charge >= 0.3 is 0 Å². The number of hydrogen-bond acceptors (Lipinski definition) is 2. The molecule has 2 rings (SSSR count). The van der Waals surface area contributed by atoms with Crippen LogP contribution in [0.2, 0.25) is 0 Å². The minimum atomic E-state index is 0.136. The number of hydrogen-bond donors (Lipinski definition) is 0. The molecule has 0 amide bonds. The van der Waals surface area contributed by atoms with Gasteiger partial charge < -0.3 is 0 Å². The lowest BCUT2D eigenvalue weighted by Crippen LogP contribution is -2.12. The third-order valence-electron chi connectivity index (χ3n) is 2.85. The van der Waals surface area contributed by atoms with Crippen LogP contribution in [0.4, 0.5) is 0 Å². The molecule has 0 saturated heterocycles. The van der Waals surface area contributed by atoms with Gasteiger partial charge in [-0.1, -0.05) is 27.7 Å². The quantitative estimate of drug-likeness (QED) is 0.726. The average Bonchev–Trinajstić information content (AvgIpc) is 2.26. The topological polar surface area (TPSA) is 25.8 Å². The molecule has 0 atom stereocenters. The first-order valence-electron chi connectivity index (χ1n) is 5.76. The molecule has 2 heterocycles. The average molecular weight is 214 g/mol. The van der Waals surface area contributed by atoms with Crippen molar-refractivity contribution in [2.45, 2.75) is 39.5 Å². The van der Waals surface area contributed by atoms with Crippen LogP contribution in [0.25, 0.3) is 10.9 Å². The van der Waals surface area contributed by atoms with Crippen LogP contribution in [0, 0.1) is 0 Å². The van der Waals surface area contributed by atoms with Gasteiger partial charge in [0.1, 0.15) is 0 Å². The van der Waals surface area contributed by atoms with E-state index in [4.69, 9.17) is 0 Å². The molecule has 2 aromatic heterocycles. The Morgan fingerprint density at radius 3 is 2.56 bits per heavy atom. The lowest BCUT2D eigenvalue weighted by atomic mass is 9.85. The highest BCUT2D eigenvalue weighted by Crippen LogP contribution is 2.28. The molecule has 0 radical (unpaired) electrons. The maximum atomic E-state index is 4.46. The van der Waals surface area contributed by atoms with Gasteiger partial charge in [-0.2, -0.15) is 0 Å². The van der Waals surface area contributed by atoms with Crippen molar-refractivity contribution in [1.82, 2.24) is 9.97 Å². The fourth-order valence-corrected chi connectivity index (χ4v) is 1.93. The third-order valence-corrected chi connectivity index (χ3v) is 2.85. The molecule has 0 bridgehead atoms. The first-order chi connectivity index (χ1) is 7.52. The molecule has 0 saturated carbocycles. The van der Waals surface area contributed by atoms with Crippen LogP contribution < -0.4 is 0 Å². The number of pyridine rings is 2. The number of fused-ring (bicyclic) bond motifs is 1. The van der Waals surface area contributed by atoms with Gasteiger partial charge in [-0.05, 0) is 29.5 Å². The van der Waals surface area contributed by atoms with Gasteiger partial charge in [0.05, 0.1) is 5.52 Å². The van der Waals surface area contributed by atoms with Gasteiger partial charge in [-0.25, -0.2) is 0 Å². The molecular weight excluding hydrogens is 196 g/mol. The molecule has 2 heteroatoms. The zero-order valence-electron chi connectivity index (χ0n) is 10.4. The minimum Gasteiger partial charge on any atom is -0.261 e. The molecule has 0 spiro atoms. The van der Waals surface area contributed by atoms with Crippen molar-refractivity contribution in [3.8, 4) is 0 Å². The molecule has 2 nitrogen and oxygen atoms in total. The zero-order valence-corrected chi connectivity index (χ0v) is 10.4. The first kappa shape index (κ1) is 11.1. The summed E-state index contributed by atoms with van der Waals surface area (Å²) in [6, 6.07) is 4.18. The Hall–Kier alpha value is -1.44. The summed E-state index contributed by atoms with van der Waals surface area (Å²) >= 11 is 0. The van der Waals surface area contributed by atoms with Crippen molar-refractivity contribution < 1.29 is 0 Å². The second-order valence-electron chi connectivity index (χ2n) is 5.15. The standard InChI is InChI=1S/C14H18N2/c1-5-10-8-13-11(9-16-10)12(6-7-15-13)14(2,3)4/h6-9H,5H2,1-4H3. The Labute approximate surface area is 96.7 Å². The molecule has 0 N–H and O–H groups in total. The number of rotatable bonds is 1. The van der Waals surface area contributed by atoms with E-state index in [0.29, 0.717) is 0 Å². The maximum absolute atomic E-state index is 4.46. The Bertz CT molecular complexity index is 510. The fourth-order valence-electron chi connectivity index (χ4n) is 1.93. The van der Waals surface area contributed by atoms with E-state index in [2.05, 4.69) is 49.8 Å². The molecule has 0 aromatic carbocycles. The summed E-state index contributed by atoms with van der Waals surface area (Å²) < 4.78 is 0. The lowest BCUT2D eigenvalue weighted by Gasteiger charge is -2.20. The summed E-state index contributed by atoms with van der Waals surface area (Å²) in [5.41, 5.74) is 3.61. The van der Waals surface area contributed by atoms with Crippen molar-refractivity contribution in [3.63, 3.8) is 0 Å². The van der Waals surface area contributed by atoms with E-state index in [9.17, 15) is 0 Å². The molecule has 16 heavy (non-hydrogen) atoms. The predicted molar refractivity (Wildman–Crippen MR) is 67.6 cm³/mol. The van der Waals surface area contributed by atoms with Crippen LogP contribution in [-0.2, 0) is 11.8 Å². The predicted octanol–water partition coefficient (Wildman–Crippen LogP) is 3.49. The van der Waals surface area contributed by atoms with E-state index in [1.54, 1.807) is 0 Å². The van der Waals surface area contributed by atoms with Gasteiger partial charge in [0.25, 0.3) is 0 Å². The molecule has 2 aromatic rings. The van der Waals surface area contributed by atoms with Crippen LogP contribution in [-0.4, -0.2) is 9.97 Å². The molecule has 0 fully saturated rings. The van der Waals surface area contributed by atoms with Crippen molar-refractivity contribution in [2.24, 2.45) is 0 Å². The zero-order chi connectivity index (χ0) is 11.8. The molecule has 0 unspecified atom stereocenters. The van der Waals surface area contributed by atoms with Crippen molar-refractivity contribution >= 4 is 10.9 Å². The van der Waals surface area contributed by atoms with E-state index in [-0.39, 0.29) is 5.41 Å². The van der Waals surface area contributed by atoms with E-state index < -0.39 is 0 Å². The van der Waals surface area contributed by atoms with Gasteiger partial charge in [0, 0.05) is 23.5 Å². The minimum absolute atomic E-state index is 0.136. The Morgan fingerprint density at radius 2 is 1.94 bits per heavy atom. The summed E-state index contributed by atoms with van der Waals surface area (Å²) in [5.74, 6) is 0. The fraction of sp³-hybridized carbons (Fsp3) is 0.429. The van der Waals surface area contributed by atoms with E-state index in [0.717, 1.165) is 17.6 Å². The summed E-state index contributed by atoms with van der Waals surface area (Å²) in [6.07, 6.45) is 4.81. The van der Waals surface area contributed by atoms with Crippen molar-refractivity contribution in [1.29, 1.82) is 0 Å². The maximum Gasteiger partial charge on any atom is 0.0738 e. The highest BCUT2D eigenvalue weighted by molar-refractivity contribution is 5.82. The van der Waals surface area contributed by atoms with Gasteiger partial charge in [-0.15, -0.1) is 0 Å². The number of nitrogens with zero attached hydrogens (tertiary/aromatic N) is 2. The monoisotopic (exact) mass is 214 g/mol. The molecule has 84 valence electrons. The second-order valence-corrected chi connectivity index (χ2v) is 5.15. The van der Waals surface area contributed by atoms with E-state index in [1.807, 2.05) is 12.4 Å². The summed E-state index contributed by atoms with van der Waals surface area (Å²) in [7, 11) is 0. The summed E-state index contributed by atoms with van der Waals surface area (Å²) in [6.45, 7) is 8.77. The summed E-state index contributed by atoms with van der Waals surface area (Å²) in [4.78, 5) is 8.88. The van der Waals surface area contributed by atoms with Crippen LogP contribution >= 0.6 is 0 Å². The second kappa shape index (κ2) is 3.85. The van der Waals surface area contributed by atoms with E-state index in [1.165, 1.54) is 10.9 Å². The highest BCUT2D eigenvalue weighted by atomic mass is 14.7. The summed E-state index contributed by atoms with van der Waals surface area (Å²) in [5, 5.41) is 1.17. The van der Waals surface area contributed by atoms with E-state index >= 15 is 0 Å². The molecular formula is C14H18N2. The number of aromatic nitrogens is 2. The van der Waals surface area contributed by atoms with Gasteiger partial charge in [-0.3, -0.25) is 9.97 Å². The molecule has 0 aliphatic heterocycles. The third kappa shape index (κ3) is 1.92. The van der Waals surface area contributed by atoms with Gasteiger partial charge in [0.2, 0.25) is 0 Å². The van der Waals surface area contributed by atoms with Crippen molar-refractivity contribution in [2.75, 3.05) is 0 Å². The molecule has 0 aliphatic carbocycles. The lowest BCUT2D eigenvalue weighted by molar-refractivity contribution is 0.595. The SMILES string of the molecule is CCc1cc2nccc(C(C)(C)C)c2cn1. The number of aryl methyl sites for hydroxylation is 1. The first-order valence-corrected chi connectivity index (χ1v) is 5.76. The van der Waals surface area contributed by atoms with Gasteiger partial charge in [0.15, 0.2) is 0 Å².